The number of benzene rings is 1. The Hall–Kier alpha value is -1.38. The van der Waals surface area contributed by atoms with Crippen LogP contribution < -0.4 is 16.4 Å². The lowest BCUT2D eigenvalue weighted by molar-refractivity contribution is -0.126. The maximum atomic E-state index is 12.2. The van der Waals surface area contributed by atoms with Crippen molar-refractivity contribution in [3.63, 3.8) is 0 Å². The number of nitrogens with one attached hydrogen (secondary N) is 2. The molecule has 0 unspecified atom stereocenters. The van der Waals surface area contributed by atoms with Crippen molar-refractivity contribution in [1.29, 1.82) is 0 Å². The SMILES string of the molecule is Cl.Cl.NC[C@H]1CC[C@@H](C(=O)Nc2ccc(NC(=O)CN3CCCCCC3)cc2)O1. The average Bonchev–Trinajstić information content (AvgIpc) is 3.01. The van der Waals surface area contributed by atoms with Crippen molar-refractivity contribution in [3.05, 3.63) is 24.3 Å². The Bertz CT molecular complexity index is 637. The van der Waals surface area contributed by atoms with Crippen molar-refractivity contribution in [2.24, 2.45) is 5.73 Å². The van der Waals surface area contributed by atoms with Gasteiger partial charge in [-0.05, 0) is 63.0 Å². The second kappa shape index (κ2) is 13.0. The summed E-state index contributed by atoms with van der Waals surface area (Å²) in [6.45, 7) is 2.86. The van der Waals surface area contributed by atoms with Crippen LogP contribution in [0.4, 0.5) is 11.4 Å². The van der Waals surface area contributed by atoms with Gasteiger partial charge in [-0.25, -0.2) is 0 Å². The molecule has 7 nitrogen and oxygen atoms in total. The van der Waals surface area contributed by atoms with E-state index in [0.29, 0.717) is 25.2 Å². The number of hydrogen-bond donors (Lipinski definition) is 3. The van der Waals surface area contributed by atoms with Crippen LogP contribution in [0, 0.1) is 0 Å². The molecule has 9 heteroatoms. The van der Waals surface area contributed by atoms with Crippen molar-refractivity contribution < 1.29 is 14.3 Å². The van der Waals surface area contributed by atoms with Crippen LogP contribution in [-0.2, 0) is 14.3 Å². The third kappa shape index (κ3) is 8.10. The normalized spacial score (nSPS) is 22.0. The number of nitrogens with two attached hydrogens (primary N) is 1. The number of amides is 2. The van der Waals surface area contributed by atoms with Gasteiger partial charge in [-0.1, -0.05) is 12.8 Å². The number of carbonyl (C=O) groups excluding carboxylic acids is 2. The number of hydrogen-bond acceptors (Lipinski definition) is 5. The first-order chi connectivity index (χ1) is 13.1. The molecule has 0 radical (unpaired) electrons. The standard InChI is InChI=1S/C20H30N4O3.2ClH/c21-13-17-9-10-18(27-17)20(26)23-16-7-5-15(6-8-16)22-19(25)14-24-11-3-1-2-4-12-24;;/h5-8,17-18H,1-4,9-14,21H2,(H,22,25)(H,23,26);2*1H/t17-,18+;;/m1../s1. The molecule has 1 aromatic carbocycles. The van der Waals surface area contributed by atoms with E-state index < -0.39 is 6.10 Å². The van der Waals surface area contributed by atoms with E-state index in [-0.39, 0.29) is 42.7 Å². The minimum Gasteiger partial charge on any atom is -0.364 e. The fourth-order valence-electron chi connectivity index (χ4n) is 3.63. The summed E-state index contributed by atoms with van der Waals surface area (Å²) in [6.07, 6.45) is 5.88. The van der Waals surface area contributed by atoms with Crippen molar-refractivity contribution in [3.8, 4) is 0 Å². The van der Waals surface area contributed by atoms with E-state index in [1.165, 1.54) is 25.7 Å². The molecular weight excluding hydrogens is 415 g/mol. The summed E-state index contributed by atoms with van der Waals surface area (Å²) >= 11 is 0. The highest BCUT2D eigenvalue weighted by molar-refractivity contribution is 5.95. The molecule has 2 amide bonds. The topological polar surface area (TPSA) is 96.7 Å². The second-order valence-electron chi connectivity index (χ2n) is 7.36. The van der Waals surface area contributed by atoms with Crippen LogP contribution in [0.1, 0.15) is 38.5 Å². The van der Waals surface area contributed by atoms with Crippen molar-refractivity contribution in [2.75, 3.05) is 36.8 Å². The quantitative estimate of drug-likeness (QED) is 0.623. The van der Waals surface area contributed by atoms with Gasteiger partial charge in [-0.15, -0.1) is 24.8 Å². The van der Waals surface area contributed by atoms with Gasteiger partial charge in [0.05, 0.1) is 12.6 Å². The fraction of sp³-hybridized carbons (Fsp3) is 0.600. The van der Waals surface area contributed by atoms with Gasteiger partial charge >= 0.3 is 0 Å². The van der Waals surface area contributed by atoms with Gasteiger partial charge in [0.2, 0.25) is 5.91 Å². The smallest absolute Gasteiger partial charge is 0.253 e. The molecule has 4 N–H and O–H groups in total. The summed E-state index contributed by atoms with van der Waals surface area (Å²) < 4.78 is 5.60. The van der Waals surface area contributed by atoms with Gasteiger partial charge in [0.25, 0.3) is 5.91 Å². The minimum absolute atomic E-state index is 0. The minimum atomic E-state index is -0.438. The van der Waals surface area contributed by atoms with E-state index >= 15 is 0 Å². The largest absolute Gasteiger partial charge is 0.364 e. The lowest BCUT2D eigenvalue weighted by atomic mass is 10.2. The summed E-state index contributed by atoms with van der Waals surface area (Å²) in [7, 11) is 0. The van der Waals surface area contributed by atoms with Crippen molar-refractivity contribution in [2.45, 2.75) is 50.7 Å². The first-order valence-corrected chi connectivity index (χ1v) is 9.92. The first kappa shape index (κ1) is 25.7. The van der Waals surface area contributed by atoms with Crippen LogP contribution >= 0.6 is 24.8 Å². The molecule has 2 heterocycles. The molecule has 2 fully saturated rings. The molecule has 29 heavy (non-hydrogen) atoms. The Morgan fingerprint density at radius 1 is 0.966 bits per heavy atom. The highest BCUT2D eigenvalue weighted by Crippen LogP contribution is 2.21. The van der Waals surface area contributed by atoms with Crippen LogP contribution in [0.2, 0.25) is 0 Å². The van der Waals surface area contributed by atoms with E-state index in [2.05, 4.69) is 15.5 Å². The second-order valence-corrected chi connectivity index (χ2v) is 7.36. The van der Waals surface area contributed by atoms with Crippen molar-refractivity contribution >= 4 is 48.0 Å². The lowest BCUT2D eigenvalue weighted by Crippen LogP contribution is -2.33. The Morgan fingerprint density at radius 2 is 1.55 bits per heavy atom. The fourth-order valence-corrected chi connectivity index (χ4v) is 3.63. The zero-order valence-corrected chi connectivity index (χ0v) is 18.2. The van der Waals surface area contributed by atoms with Gasteiger partial charge in [0.1, 0.15) is 6.10 Å². The van der Waals surface area contributed by atoms with Crippen molar-refractivity contribution in [1.82, 2.24) is 4.90 Å². The van der Waals surface area contributed by atoms with Crippen LogP contribution in [0.15, 0.2) is 24.3 Å². The van der Waals surface area contributed by atoms with Crippen LogP contribution in [0.5, 0.6) is 0 Å². The molecule has 2 aliphatic rings. The summed E-state index contributed by atoms with van der Waals surface area (Å²) in [6, 6.07) is 7.17. The van der Waals surface area contributed by atoms with E-state index in [9.17, 15) is 9.59 Å². The first-order valence-electron chi connectivity index (χ1n) is 9.92. The molecule has 0 aromatic heterocycles. The average molecular weight is 447 g/mol. The maximum absolute atomic E-state index is 12.2. The van der Waals surface area contributed by atoms with Crippen LogP contribution in [0.25, 0.3) is 0 Å². The molecule has 164 valence electrons. The molecule has 3 rings (SSSR count). The number of likely N-dealkylation sites (tertiary alicyclic amines) is 1. The maximum Gasteiger partial charge on any atom is 0.253 e. The number of halogens is 2. The Balaban J connectivity index is 0.00000210. The molecule has 2 saturated heterocycles. The molecule has 1 aromatic rings. The van der Waals surface area contributed by atoms with E-state index in [1.54, 1.807) is 24.3 Å². The van der Waals surface area contributed by atoms with Crippen LogP contribution in [0.3, 0.4) is 0 Å². The number of anilines is 2. The van der Waals surface area contributed by atoms with Crippen LogP contribution in [-0.4, -0.2) is 55.1 Å². The third-order valence-corrected chi connectivity index (χ3v) is 5.16. The number of nitrogens with zero attached hydrogens (tertiary/aromatic N) is 1. The number of rotatable bonds is 6. The molecule has 0 bridgehead atoms. The van der Waals surface area contributed by atoms with Gasteiger partial charge < -0.3 is 21.1 Å². The van der Waals surface area contributed by atoms with Gasteiger partial charge in [-0.2, -0.15) is 0 Å². The summed E-state index contributed by atoms with van der Waals surface area (Å²) in [5.41, 5.74) is 6.99. The number of carbonyl (C=O) groups is 2. The molecule has 2 aliphatic heterocycles. The number of ether oxygens (including phenoxy) is 1. The van der Waals surface area contributed by atoms with E-state index in [0.717, 1.165) is 25.2 Å². The Morgan fingerprint density at radius 3 is 2.10 bits per heavy atom. The third-order valence-electron chi connectivity index (χ3n) is 5.16. The predicted molar refractivity (Wildman–Crippen MR) is 120 cm³/mol. The predicted octanol–water partition coefficient (Wildman–Crippen LogP) is 2.79. The molecule has 0 saturated carbocycles. The molecule has 2 atom stereocenters. The Labute approximate surface area is 184 Å². The summed E-state index contributed by atoms with van der Waals surface area (Å²) in [5.74, 6) is -0.148. The highest BCUT2D eigenvalue weighted by Gasteiger charge is 2.29. The highest BCUT2D eigenvalue weighted by atomic mass is 35.5. The summed E-state index contributed by atoms with van der Waals surface area (Å²) in [4.78, 5) is 26.7. The zero-order valence-electron chi connectivity index (χ0n) is 16.6. The van der Waals surface area contributed by atoms with Gasteiger partial charge in [0.15, 0.2) is 0 Å². The summed E-state index contributed by atoms with van der Waals surface area (Å²) in [5, 5.41) is 5.78. The van der Waals surface area contributed by atoms with E-state index in [4.69, 9.17) is 10.5 Å². The zero-order chi connectivity index (χ0) is 19.1. The molecular formula is C20H32Cl2N4O3. The molecule has 0 aliphatic carbocycles. The Kier molecular flexibility index (Phi) is 11.5. The molecule has 0 spiro atoms. The monoisotopic (exact) mass is 446 g/mol. The van der Waals surface area contributed by atoms with Gasteiger partial charge in [-0.3, -0.25) is 14.5 Å². The van der Waals surface area contributed by atoms with Gasteiger partial charge in [0, 0.05) is 17.9 Å². The van der Waals surface area contributed by atoms with E-state index in [1.807, 2.05) is 0 Å². The lowest BCUT2D eigenvalue weighted by Gasteiger charge is -2.19.